The molecule has 2 aromatic heterocycles. The van der Waals surface area contributed by atoms with Crippen molar-refractivity contribution in [3.05, 3.63) is 47.6 Å². The average Bonchev–Trinajstić information content (AvgIpc) is 2.59. The van der Waals surface area contributed by atoms with Crippen LogP contribution in [-0.4, -0.2) is 19.9 Å². The first kappa shape index (κ1) is 18.5. The van der Waals surface area contributed by atoms with E-state index in [1.807, 2.05) is 24.7 Å². The van der Waals surface area contributed by atoms with Crippen LogP contribution in [0.25, 0.3) is 0 Å². The van der Waals surface area contributed by atoms with Crippen molar-refractivity contribution in [2.75, 3.05) is 0 Å². The van der Waals surface area contributed by atoms with E-state index in [0.29, 0.717) is 23.7 Å². The minimum atomic E-state index is 0.348. The Hall–Kier alpha value is -1.84. The minimum absolute atomic E-state index is 0.348. The second kappa shape index (κ2) is 8.32. The van der Waals surface area contributed by atoms with Crippen LogP contribution in [0, 0.1) is 0 Å². The van der Waals surface area contributed by atoms with Crippen molar-refractivity contribution in [1.29, 1.82) is 0 Å². The predicted octanol–water partition coefficient (Wildman–Crippen LogP) is 5.20. The third-order valence-electron chi connectivity index (χ3n) is 4.56. The maximum atomic E-state index is 4.71. The molecule has 0 bridgehead atoms. The molecule has 24 heavy (non-hydrogen) atoms. The zero-order valence-electron chi connectivity index (χ0n) is 15.8. The maximum Gasteiger partial charge on any atom is 0.131 e. The minimum Gasteiger partial charge on any atom is -0.241 e. The highest BCUT2D eigenvalue weighted by Crippen LogP contribution is 2.25. The molecule has 0 N–H and O–H groups in total. The van der Waals surface area contributed by atoms with Gasteiger partial charge >= 0.3 is 0 Å². The predicted molar refractivity (Wildman–Crippen MR) is 98.3 cm³/mol. The highest BCUT2D eigenvalue weighted by Gasteiger charge is 2.15. The van der Waals surface area contributed by atoms with E-state index in [1.165, 1.54) is 5.56 Å². The van der Waals surface area contributed by atoms with Gasteiger partial charge in [0.25, 0.3) is 0 Å². The summed E-state index contributed by atoms with van der Waals surface area (Å²) in [6, 6.07) is 2.01. The standard InChI is InChI=1S/C20H30N4/c1-13(2)17-11-22-19(23-12-17)15(5)7-8-16(6)20-21-10-9-18(24-20)14(3)4/h9-16H,7-8H2,1-6H3. The topological polar surface area (TPSA) is 51.6 Å². The maximum absolute atomic E-state index is 4.71. The quantitative estimate of drug-likeness (QED) is 0.701. The number of nitrogens with zero attached hydrogens (tertiary/aromatic N) is 4. The lowest BCUT2D eigenvalue weighted by atomic mass is 9.96. The van der Waals surface area contributed by atoms with Crippen LogP contribution in [0.5, 0.6) is 0 Å². The van der Waals surface area contributed by atoms with Gasteiger partial charge < -0.3 is 0 Å². The molecule has 2 rings (SSSR count). The van der Waals surface area contributed by atoms with Crippen LogP contribution in [-0.2, 0) is 0 Å². The van der Waals surface area contributed by atoms with Gasteiger partial charge in [-0.3, -0.25) is 0 Å². The second-order valence-corrected chi connectivity index (χ2v) is 7.40. The highest BCUT2D eigenvalue weighted by atomic mass is 14.9. The Labute approximate surface area is 146 Å². The molecule has 0 radical (unpaired) electrons. The average molecular weight is 326 g/mol. The van der Waals surface area contributed by atoms with Crippen molar-refractivity contribution in [3.63, 3.8) is 0 Å². The van der Waals surface area contributed by atoms with Crippen LogP contribution >= 0.6 is 0 Å². The summed E-state index contributed by atoms with van der Waals surface area (Å²) >= 11 is 0. The van der Waals surface area contributed by atoms with Gasteiger partial charge in [0.1, 0.15) is 11.6 Å². The van der Waals surface area contributed by atoms with Crippen molar-refractivity contribution in [2.45, 2.75) is 78.1 Å². The molecule has 0 fully saturated rings. The van der Waals surface area contributed by atoms with Gasteiger partial charge in [-0.2, -0.15) is 0 Å². The van der Waals surface area contributed by atoms with Gasteiger partial charge in [0.15, 0.2) is 0 Å². The van der Waals surface area contributed by atoms with Gasteiger partial charge in [0.05, 0.1) is 0 Å². The molecule has 4 heteroatoms. The van der Waals surface area contributed by atoms with Crippen LogP contribution in [0.15, 0.2) is 24.7 Å². The summed E-state index contributed by atoms with van der Waals surface area (Å²) in [5.41, 5.74) is 2.31. The largest absolute Gasteiger partial charge is 0.241 e. The second-order valence-electron chi connectivity index (χ2n) is 7.40. The number of hydrogen-bond donors (Lipinski definition) is 0. The van der Waals surface area contributed by atoms with Crippen LogP contribution in [0.2, 0.25) is 0 Å². The molecule has 0 spiro atoms. The van der Waals surface area contributed by atoms with Gasteiger partial charge in [-0.25, -0.2) is 19.9 Å². The first-order valence-electron chi connectivity index (χ1n) is 9.03. The van der Waals surface area contributed by atoms with E-state index < -0.39 is 0 Å². The van der Waals surface area contributed by atoms with Gasteiger partial charge in [-0.05, 0) is 36.3 Å². The van der Waals surface area contributed by atoms with Crippen molar-refractivity contribution < 1.29 is 0 Å². The van der Waals surface area contributed by atoms with Crippen molar-refractivity contribution >= 4 is 0 Å². The monoisotopic (exact) mass is 326 g/mol. The van der Waals surface area contributed by atoms with E-state index in [4.69, 9.17) is 4.98 Å². The summed E-state index contributed by atoms with van der Waals surface area (Å²) in [7, 11) is 0. The number of aromatic nitrogens is 4. The van der Waals surface area contributed by atoms with E-state index in [2.05, 4.69) is 56.5 Å². The van der Waals surface area contributed by atoms with E-state index in [9.17, 15) is 0 Å². The lowest BCUT2D eigenvalue weighted by Crippen LogP contribution is -2.07. The molecule has 2 atom stereocenters. The fourth-order valence-electron chi connectivity index (χ4n) is 2.61. The fraction of sp³-hybridized carbons (Fsp3) is 0.600. The molecular formula is C20H30N4. The molecule has 0 amide bonds. The summed E-state index contributed by atoms with van der Waals surface area (Å²) < 4.78 is 0. The molecule has 0 aromatic carbocycles. The Morgan fingerprint density at radius 2 is 1.33 bits per heavy atom. The van der Waals surface area contributed by atoms with Crippen LogP contribution in [0.3, 0.4) is 0 Å². The van der Waals surface area contributed by atoms with E-state index in [0.717, 1.165) is 30.2 Å². The van der Waals surface area contributed by atoms with Gasteiger partial charge in [-0.1, -0.05) is 41.5 Å². The smallest absolute Gasteiger partial charge is 0.131 e. The summed E-state index contributed by atoms with van der Waals surface area (Å²) in [4.78, 5) is 18.3. The van der Waals surface area contributed by atoms with Crippen LogP contribution in [0.4, 0.5) is 0 Å². The first-order chi connectivity index (χ1) is 11.4. The molecule has 2 aromatic rings. The highest BCUT2D eigenvalue weighted by molar-refractivity contribution is 5.11. The van der Waals surface area contributed by atoms with Crippen LogP contribution in [0.1, 0.15) is 101 Å². The molecule has 0 aliphatic heterocycles. The summed E-state index contributed by atoms with van der Waals surface area (Å²) in [5.74, 6) is 3.49. The Kier molecular flexibility index (Phi) is 6.41. The Morgan fingerprint density at radius 1 is 0.750 bits per heavy atom. The third-order valence-corrected chi connectivity index (χ3v) is 4.56. The number of rotatable bonds is 7. The zero-order valence-corrected chi connectivity index (χ0v) is 15.8. The van der Waals surface area contributed by atoms with E-state index in [1.54, 1.807) is 0 Å². The summed E-state index contributed by atoms with van der Waals surface area (Å²) in [6.07, 6.45) is 7.88. The lowest BCUT2D eigenvalue weighted by Gasteiger charge is -2.15. The van der Waals surface area contributed by atoms with Gasteiger partial charge in [0.2, 0.25) is 0 Å². The van der Waals surface area contributed by atoms with Crippen LogP contribution < -0.4 is 0 Å². The summed E-state index contributed by atoms with van der Waals surface area (Å²) in [6.45, 7) is 13.1. The first-order valence-corrected chi connectivity index (χ1v) is 9.03. The molecule has 2 heterocycles. The molecule has 130 valence electrons. The normalized spacial score (nSPS) is 14.2. The van der Waals surface area contributed by atoms with E-state index >= 15 is 0 Å². The lowest BCUT2D eigenvalue weighted by molar-refractivity contribution is 0.536. The molecule has 0 saturated heterocycles. The van der Waals surface area contributed by atoms with Gasteiger partial charge in [-0.15, -0.1) is 0 Å². The molecule has 2 unspecified atom stereocenters. The molecule has 0 aliphatic rings. The molecule has 0 saturated carbocycles. The molecular weight excluding hydrogens is 296 g/mol. The SMILES string of the molecule is CC(C)c1cnc(C(C)CCC(C)c2nccc(C(C)C)n2)nc1. The summed E-state index contributed by atoms with van der Waals surface area (Å²) in [5, 5.41) is 0. The number of hydrogen-bond acceptors (Lipinski definition) is 4. The Balaban J connectivity index is 1.95. The fourth-order valence-corrected chi connectivity index (χ4v) is 2.61. The van der Waals surface area contributed by atoms with Crippen molar-refractivity contribution in [3.8, 4) is 0 Å². The molecule has 0 aliphatic carbocycles. The van der Waals surface area contributed by atoms with Crippen molar-refractivity contribution in [2.24, 2.45) is 0 Å². The Bertz CT molecular complexity index is 634. The van der Waals surface area contributed by atoms with Gasteiger partial charge in [0, 0.05) is 36.1 Å². The van der Waals surface area contributed by atoms with E-state index in [-0.39, 0.29) is 0 Å². The van der Waals surface area contributed by atoms with Crippen molar-refractivity contribution in [1.82, 2.24) is 19.9 Å². The zero-order chi connectivity index (χ0) is 17.7. The Morgan fingerprint density at radius 3 is 1.88 bits per heavy atom. The molecule has 4 nitrogen and oxygen atoms in total. The third kappa shape index (κ3) is 4.83.